The largest absolute Gasteiger partial charge is 0.359 e. The van der Waals surface area contributed by atoms with E-state index >= 15 is 0 Å². The van der Waals surface area contributed by atoms with Gasteiger partial charge < -0.3 is 20.3 Å². The van der Waals surface area contributed by atoms with E-state index < -0.39 is 29.6 Å². The van der Waals surface area contributed by atoms with Gasteiger partial charge in [0.1, 0.15) is 11.6 Å². The van der Waals surface area contributed by atoms with Crippen molar-refractivity contribution in [3.8, 4) is 0 Å². The molecule has 1 aromatic carbocycles. The van der Waals surface area contributed by atoms with Crippen LogP contribution in [-0.4, -0.2) is 52.5 Å². The maximum absolute atomic E-state index is 13.9. The molecule has 8 atom stereocenters. The standard InChI is InChI=1S/C29H37N3O4/c1-15-8-9-19(14-17(15)3)30-26(33)23-22-12-13-29(36-22)24(23)28(35)32(20-10-11-20)25(29)27(34)31-21-7-5-6-16(2)18(21)4/h8-9,12-14,16,18,20-25H,5-7,10-11H2,1-4H3,(H,30,33)(H,31,34)/t16-,18+,21+,22-,23+,24-,25-,29-/m0/s1. The monoisotopic (exact) mass is 491 g/mol. The lowest BCUT2D eigenvalue weighted by atomic mass is 9.73. The van der Waals surface area contributed by atoms with E-state index in [0.29, 0.717) is 17.5 Å². The van der Waals surface area contributed by atoms with E-state index in [-0.39, 0.29) is 29.8 Å². The zero-order valence-electron chi connectivity index (χ0n) is 21.6. The lowest BCUT2D eigenvalue weighted by Gasteiger charge is -2.38. The van der Waals surface area contributed by atoms with Crippen LogP contribution >= 0.6 is 0 Å². The zero-order valence-corrected chi connectivity index (χ0v) is 21.6. The molecule has 0 unspecified atom stereocenters. The predicted octanol–water partition coefficient (Wildman–Crippen LogP) is 3.50. The fourth-order valence-corrected chi connectivity index (χ4v) is 7.04. The van der Waals surface area contributed by atoms with Gasteiger partial charge in [0.05, 0.1) is 17.9 Å². The molecule has 1 aromatic rings. The first kappa shape index (κ1) is 23.7. The number of nitrogens with zero attached hydrogens (tertiary/aromatic N) is 1. The summed E-state index contributed by atoms with van der Waals surface area (Å²) in [7, 11) is 0. The highest BCUT2D eigenvalue weighted by atomic mass is 16.5. The van der Waals surface area contributed by atoms with Crippen molar-refractivity contribution in [2.24, 2.45) is 23.7 Å². The first-order valence-electron chi connectivity index (χ1n) is 13.6. The molecule has 2 bridgehead atoms. The van der Waals surface area contributed by atoms with Crippen LogP contribution in [0.25, 0.3) is 0 Å². The van der Waals surface area contributed by atoms with Gasteiger partial charge in [-0.3, -0.25) is 14.4 Å². The number of rotatable bonds is 5. The highest BCUT2D eigenvalue weighted by molar-refractivity contribution is 6.03. The quantitative estimate of drug-likeness (QED) is 0.618. The van der Waals surface area contributed by atoms with Gasteiger partial charge in [-0.25, -0.2) is 0 Å². The summed E-state index contributed by atoms with van der Waals surface area (Å²) in [5.74, 6) is -0.875. The van der Waals surface area contributed by atoms with Crippen molar-refractivity contribution in [2.45, 2.75) is 89.6 Å². The van der Waals surface area contributed by atoms with E-state index in [0.717, 1.165) is 36.8 Å². The molecule has 1 spiro atoms. The Balaban J connectivity index is 1.28. The van der Waals surface area contributed by atoms with Crippen LogP contribution in [0.2, 0.25) is 0 Å². The summed E-state index contributed by atoms with van der Waals surface area (Å²) in [6.07, 6.45) is 8.30. The van der Waals surface area contributed by atoms with Gasteiger partial charge in [0.25, 0.3) is 0 Å². The van der Waals surface area contributed by atoms with Crippen molar-refractivity contribution >= 4 is 23.4 Å². The number of amides is 3. The van der Waals surface area contributed by atoms with Gasteiger partial charge in [0.2, 0.25) is 17.7 Å². The summed E-state index contributed by atoms with van der Waals surface area (Å²) < 4.78 is 6.45. The summed E-state index contributed by atoms with van der Waals surface area (Å²) in [4.78, 5) is 43.1. The van der Waals surface area contributed by atoms with E-state index in [1.807, 2.05) is 44.2 Å². The van der Waals surface area contributed by atoms with Crippen LogP contribution in [0.5, 0.6) is 0 Å². The maximum Gasteiger partial charge on any atom is 0.246 e. The number of likely N-dealkylation sites (tertiary alicyclic amines) is 1. The van der Waals surface area contributed by atoms with E-state index in [1.54, 1.807) is 4.90 Å². The number of ether oxygens (including phenoxy) is 1. The van der Waals surface area contributed by atoms with Crippen LogP contribution in [0.15, 0.2) is 30.4 Å². The van der Waals surface area contributed by atoms with Crippen LogP contribution < -0.4 is 10.6 Å². The molecule has 7 nitrogen and oxygen atoms in total. The summed E-state index contributed by atoms with van der Waals surface area (Å²) in [6, 6.07) is 5.23. The van der Waals surface area contributed by atoms with Gasteiger partial charge in [-0.2, -0.15) is 0 Å². The van der Waals surface area contributed by atoms with Gasteiger partial charge >= 0.3 is 0 Å². The van der Waals surface area contributed by atoms with E-state index in [9.17, 15) is 14.4 Å². The Morgan fingerprint density at radius 2 is 1.83 bits per heavy atom. The lowest BCUT2D eigenvalue weighted by Crippen LogP contribution is -2.58. The third-order valence-electron chi connectivity index (χ3n) is 9.61. The minimum absolute atomic E-state index is 0.0513. The highest BCUT2D eigenvalue weighted by Crippen LogP contribution is 2.57. The van der Waals surface area contributed by atoms with Crippen LogP contribution in [0.1, 0.15) is 57.1 Å². The Morgan fingerprint density at radius 1 is 1.06 bits per heavy atom. The topological polar surface area (TPSA) is 87.7 Å². The highest BCUT2D eigenvalue weighted by Gasteiger charge is 2.74. The molecule has 5 aliphatic rings. The van der Waals surface area contributed by atoms with Gasteiger partial charge in [-0.1, -0.05) is 44.9 Å². The molecule has 4 fully saturated rings. The molecule has 2 aliphatic carbocycles. The Bertz CT molecular complexity index is 1140. The van der Waals surface area contributed by atoms with Crippen molar-refractivity contribution in [1.29, 1.82) is 0 Å². The van der Waals surface area contributed by atoms with Crippen molar-refractivity contribution in [3.05, 3.63) is 41.5 Å². The smallest absolute Gasteiger partial charge is 0.246 e. The van der Waals surface area contributed by atoms with Crippen LogP contribution in [0.3, 0.4) is 0 Å². The summed E-state index contributed by atoms with van der Waals surface area (Å²) in [5, 5.41) is 6.34. The number of carbonyl (C=O) groups excluding carboxylic acids is 3. The third kappa shape index (κ3) is 3.53. The number of hydrogen-bond donors (Lipinski definition) is 2. The van der Waals surface area contributed by atoms with Crippen LogP contribution in [-0.2, 0) is 19.1 Å². The number of carbonyl (C=O) groups is 3. The second kappa shape index (κ2) is 8.44. The van der Waals surface area contributed by atoms with Crippen molar-refractivity contribution in [2.75, 3.05) is 5.32 Å². The number of nitrogens with one attached hydrogen (secondary N) is 2. The molecule has 7 heteroatoms. The molecule has 2 N–H and O–H groups in total. The van der Waals surface area contributed by atoms with Gasteiger partial charge in [0.15, 0.2) is 0 Å². The van der Waals surface area contributed by atoms with Gasteiger partial charge in [-0.05, 0) is 68.2 Å². The Hall–Kier alpha value is -2.67. The summed E-state index contributed by atoms with van der Waals surface area (Å²) in [5.41, 5.74) is 1.87. The molecular weight excluding hydrogens is 454 g/mol. The molecule has 0 radical (unpaired) electrons. The van der Waals surface area contributed by atoms with Crippen molar-refractivity contribution in [1.82, 2.24) is 10.2 Å². The summed E-state index contributed by atoms with van der Waals surface area (Å²) in [6.45, 7) is 8.49. The van der Waals surface area contributed by atoms with E-state index in [2.05, 4.69) is 24.5 Å². The second-order valence-electron chi connectivity index (χ2n) is 11.8. The number of aryl methyl sites for hydroxylation is 2. The van der Waals surface area contributed by atoms with Crippen molar-refractivity contribution in [3.63, 3.8) is 0 Å². The average molecular weight is 492 g/mol. The SMILES string of the molecule is Cc1ccc(NC(=O)[C@@H]2[C@@H]3C=C[C@]4(O3)[C@@H]2C(=O)N(C2CC2)[C@H]4C(=O)N[C@@H]2CCC[C@H](C)[C@H]2C)cc1C. The van der Waals surface area contributed by atoms with Crippen molar-refractivity contribution < 1.29 is 19.1 Å². The first-order chi connectivity index (χ1) is 17.2. The van der Waals surface area contributed by atoms with Gasteiger partial charge in [-0.15, -0.1) is 0 Å². The molecule has 36 heavy (non-hydrogen) atoms. The molecule has 2 saturated heterocycles. The third-order valence-corrected chi connectivity index (χ3v) is 9.61. The molecule has 0 aromatic heterocycles. The van der Waals surface area contributed by atoms with Crippen LogP contribution in [0, 0.1) is 37.5 Å². The Labute approximate surface area is 213 Å². The minimum atomic E-state index is -1.08. The average Bonchev–Trinajstić information content (AvgIpc) is 3.43. The fourth-order valence-electron chi connectivity index (χ4n) is 7.04. The second-order valence-corrected chi connectivity index (χ2v) is 11.8. The normalized spacial score (nSPS) is 38.8. The van der Waals surface area contributed by atoms with Gasteiger partial charge in [0, 0.05) is 17.8 Å². The summed E-state index contributed by atoms with van der Waals surface area (Å²) >= 11 is 0. The number of fused-ring (bicyclic) bond motifs is 1. The van der Waals surface area contributed by atoms with E-state index in [1.165, 1.54) is 6.42 Å². The molecule has 6 rings (SSSR count). The maximum atomic E-state index is 13.9. The molecule has 3 amide bonds. The predicted molar refractivity (Wildman–Crippen MR) is 136 cm³/mol. The molecule has 3 aliphatic heterocycles. The van der Waals surface area contributed by atoms with E-state index in [4.69, 9.17) is 4.74 Å². The molecular formula is C29H37N3O4. The number of anilines is 1. The first-order valence-corrected chi connectivity index (χ1v) is 13.6. The Morgan fingerprint density at radius 3 is 2.56 bits per heavy atom. The molecule has 192 valence electrons. The number of benzene rings is 1. The lowest BCUT2D eigenvalue weighted by molar-refractivity contribution is -0.142. The number of hydrogen-bond acceptors (Lipinski definition) is 4. The fraction of sp³-hybridized carbons (Fsp3) is 0.621. The minimum Gasteiger partial charge on any atom is -0.359 e. The Kier molecular flexibility index (Phi) is 5.56. The van der Waals surface area contributed by atoms with Crippen LogP contribution in [0.4, 0.5) is 5.69 Å². The molecule has 3 heterocycles. The zero-order chi connectivity index (χ0) is 25.4. The molecule has 2 saturated carbocycles.